The third kappa shape index (κ3) is 3.35. The fraction of sp³-hybridized carbons (Fsp3) is 0.526. The number of ketones is 1. The molecule has 2 aliphatic rings. The lowest BCUT2D eigenvalue weighted by Gasteiger charge is -2.28. The predicted octanol–water partition coefficient (Wildman–Crippen LogP) is 1.99. The zero-order valence-electron chi connectivity index (χ0n) is 15.2. The lowest BCUT2D eigenvalue weighted by atomic mass is 10.1. The van der Waals surface area contributed by atoms with Crippen LogP contribution < -0.4 is 4.90 Å². The molecule has 2 aromatic heterocycles. The molecular formula is C19H24FN5O. The van der Waals surface area contributed by atoms with Crippen LogP contribution in [0.5, 0.6) is 0 Å². The highest BCUT2D eigenvalue weighted by Crippen LogP contribution is 2.26. The standard InChI is InChI=1S/C19H24FN5O/c1-23(19-6-3-16-17(22-19)4-5-18(16)26)12-15-7-14(20)11-25(15)10-13-8-21-24(2)9-13/h3,6,8-9,14-15H,4-5,7,10-12H2,1-2H3/t14-,15-/m0/s1. The number of Topliss-reactive ketones (excluding diaryl/α,β-unsaturated/α-hetero) is 1. The molecule has 0 unspecified atom stereocenters. The molecule has 1 aliphatic carbocycles. The van der Waals surface area contributed by atoms with Crippen LogP contribution in [-0.4, -0.2) is 57.8 Å². The molecule has 4 rings (SSSR count). The minimum atomic E-state index is -0.796. The molecular weight excluding hydrogens is 333 g/mol. The van der Waals surface area contributed by atoms with Gasteiger partial charge < -0.3 is 4.90 Å². The molecule has 0 N–H and O–H groups in total. The van der Waals surface area contributed by atoms with E-state index in [1.54, 1.807) is 4.68 Å². The van der Waals surface area contributed by atoms with Crippen molar-refractivity contribution in [3.05, 3.63) is 41.3 Å². The Kier molecular flexibility index (Phi) is 4.48. The second kappa shape index (κ2) is 6.79. The average Bonchev–Trinajstić information content (AvgIpc) is 3.28. The lowest BCUT2D eigenvalue weighted by molar-refractivity contribution is 0.0994. The fourth-order valence-corrected chi connectivity index (χ4v) is 4.02. The molecule has 0 spiro atoms. The number of carbonyl (C=O) groups is 1. The summed E-state index contributed by atoms with van der Waals surface area (Å²) in [6.45, 7) is 1.87. The van der Waals surface area contributed by atoms with Crippen LogP contribution in [0.25, 0.3) is 0 Å². The molecule has 0 amide bonds. The van der Waals surface area contributed by atoms with Gasteiger partial charge in [0.25, 0.3) is 0 Å². The molecule has 0 bridgehead atoms. The summed E-state index contributed by atoms with van der Waals surface area (Å²) in [6.07, 6.45) is 4.83. The van der Waals surface area contributed by atoms with Crippen LogP contribution in [0.1, 0.15) is 34.5 Å². The third-order valence-electron chi connectivity index (χ3n) is 5.35. The summed E-state index contributed by atoms with van der Waals surface area (Å²) in [6, 6.07) is 3.91. The average molecular weight is 357 g/mol. The molecule has 2 atom stereocenters. The molecule has 1 saturated heterocycles. The molecule has 26 heavy (non-hydrogen) atoms. The Morgan fingerprint density at radius 1 is 1.35 bits per heavy atom. The second-order valence-corrected chi connectivity index (χ2v) is 7.41. The first-order chi connectivity index (χ1) is 12.5. The number of hydrogen-bond donors (Lipinski definition) is 0. The minimum absolute atomic E-state index is 0.131. The number of rotatable bonds is 5. The van der Waals surface area contributed by atoms with Gasteiger partial charge in [0.05, 0.1) is 11.9 Å². The number of halogens is 1. The van der Waals surface area contributed by atoms with Crippen LogP contribution in [0.15, 0.2) is 24.5 Å². The minimum Gasteiger partial charge on any atom is -0.358 e. The van der Waals surface area contributed by atoms with Gasteiger partial charge in [-0.3, -0.25) is 14.4 Å². The molecule has 0 aromatic carbocycles. The van der Waals surface area contributed by atoms with E-state index in [0.717, 1.165) is 29.1 Å². The van der Waals surface area contributed by atoms with Gasteiger partial charge in [-0.25, -0.2) is 9.37 Å². The molecule has 0 saturated carbocycles. The van der Waals surface area contributed by atoms with Gasteiger partial charge in [-0.15, -0.1) is 0 Å². The maximum atomic E-state index is 14.1. The van der Waals surface area contributed by atoms with E-state index in [-0.39, 0.29) is 11.8 Å². The van der Waals surface area contributed by atoms with Gasteiger partial charge in [0.15, 0.2) is 5.78 Å². The van der Waals surface area contributed by atoms with E-state index in [9.17, 15) is 9.18 Å². The normalized spacial score (nSPS) is 22.8. The summed E-state index contributed by atoms with van der Waals surface area (Å²) < 4.78 is 15.8. The lowest BCUT2D eigenvalue weighted by Crippen LogP contribution is -2.38. The Hall–Kier alpha value is -2.28. The Morgan fingerprint density at radius 2 is 2.19 bits per heavy atom. The largest absolute Gasteiger partial charge is 0.358 e. The van der Waals surface area contributed by atoms with Crippen LogP contribution in [0.3, 0.4) is 0 Å². The number of fused-ring (bicyclic) bond motifs is 1. The first-order valence-electron chi connectivity index (χ1n) is 9.09. The summed E-state index contributed by atoms with van der Waals surface area (Å²) in [5.74, 6) is 1.03. The van der Waals surface area contributed by atoms with Gasteiger partial charge in [0.2, 0.25) is 0 Å². The predicted molar refractivity (Wildman–Crippen MR) is 97.1 cm³/mol. The number of nitrogens with zero attached hydrogens (tertiary/aromatic N) is 5. The van der Waals surface area contributed by atoms with Crippen LogP contribution >= 0.6 is 0 Å². The molecule has 0 radical (unpaired) electrons. The highest BCUT2D eigenvalue weighted by Gasteiger charge is 2.33. The Labute approximate surface area is 152 Å². The number of carbonyl (C=O) groups excluding carboxylic acids is 1. The van der Waals surface area contributed by atoms with Crippen molar-refractivity contribution in [2.45, 2.75) is 38.0 Å². The highest BCUT2D eigenvalue weighted by atomic mass is 19.1. The Morgan fingerprint density at radius 3 is 2.96 bits per heavy atom. The molecule has 3 heterocycles. The van der Waals surface area contributed by atoms with Crippen molar-refractivity contribution in [1.29, 1.82) is 0 Å². The van der Waals surface area contributed by atoms with Crippen molar-refractivity contribution < 1.29 is 9.18 Å². The van der Waals surface area contributed by atoms with Crippen LogP contribution in [-0.2, 0) is 20.0 Å². The number of hydrogen-bond acceptors (Lipinski definition) is 5. The quantitative estimate of drug-likeness (QED) is 0.819. The van der Waals surface area contributed by atoms with Crippen LogP contribution in [0, 0.1) is 0 Å². The van der Waals surface area contributed by atoms with Gasteiger partial charge in [-0.1, -0.05) is 0 Å². The maximum Gasteiger partial charge on any atom is 0.165 e. The second-order valence-electron chi connectivity index (χ2n) is 7.41. The summed E-state index contributed by atoms with van der Waals surface area (Å²) in [5.41, 5.74) is 2.75. The molecule has 6 nitrogen and oxygen atoms in total. The zero-order valence-corrected chi connectivity index (χ0v) is 15.2. The molecule has 138 valence electrons. The SMILES string of the molecule is CN(C[C@@H]1C[C@H](F)CN1Cc1cnn(C)c1)c1ccc2c(n1)CCC2=O. The third-order valence-corrected chi connectivity index (χ3v) is 5.35. The summed E-state index contributed by atoms with van der Waals surface area (Å²) >= 11 is 0. The van der Waals surface area contributed by atoms with E-state index in [1.165, 1.54) is 0 Å². The van der Waals surface area contributed by atoms with Crippen molar-refractivity contribution in [3.63, 3.8) is 0 Å². The topological polar surface area (TPSA) is 54.3 Å². The maximum absolute atomic E-state index is 14.1. The first kappa shape index (κ1) is 17.1. The number of likely N-dealkylation sites (tertiary alicyclic amines) is 1. The summed E-state index contributed by atoms with van der Waals surface area (Å²) in [5, 5.41) is 4.20. The highest BCUT2D eigenvalue weighted by molar-refractivity contribution is 6.00. The van der Waals surface area contributed by atoms with Gasteiger partial charge in [-0.05, 0) is 25.0 Å². The van der Waals surface area contributed by atoms with E-state index < -0.39 is 6.17 Å². The number of pyridine rings is 1. The summed E-state index contributed by atoms with van der Waals surface area (Å²) in [7, 11) is 3.88. The van der Waals surface area contributed by atoms with Crippen LogP contribution in [0.4, 0.5) is 10.2 Å². The smallest absolute Gasteiger partial charge is 0.165 e. The zero-order chi connectivity index (χ0) is 18.3. The van der Waals surface area contributed by atoms with Crippen molar-refractivity contribution in [1.82, 2.24) is 19.7 Å². The van der Waals surface area contributed by atoms with Crippen molar-refractivity contribution in [2.24, 2.45) is 7.05 Å². The van der Waals surface area contributed by atoms with Gasteiger partial charge in [0, 0.05) is 63.5 Å². The molecule has 2 aromatic rings. The van der Waals surface area contributed by atoms with Gasteiger partial charge >= 0.3 is 0 Å². The number of aryl methyl sites for hydroxylation is 2. The molecule has 1 aliphatic heterocycles. The Bertz CT molecular complexity index is 820. The number of likely N-dealkylation sites (N-methyl/N-ethyl adjacent to an activating group) is 1. The van der Waals surface area contributed by atoms with E-state index >= 15 is 0 Å². The monoisotopic (exact) mass is 357 g/mol. The van der Waals surface area contributed by atoms with E-state index in [2.05, 4.69) is 19.9 Å². The fourth-order valence-electron chi connectivity index (χ4n) is 4.02. The number of alkyl halides is 1. The number of anilines is 1. The van der Waals surface area contributed by atoms with Gasteiger partial charge in [0.1, 0.15) is 12.0 Å². The molecule has 7 heteroatoms. The van der Waals surface area contributed by atoms with E-state index in [1.807, 2.05) is 38.6 Å². The van der Waals surface area contributed by atoms with Crippen molar-refractivity contribution >= 4 is 11.6 Å². The number of aromatic nitrogens is 3. The summed E-state index contributed by atoms with van der Waals surface area (Å²) in [4.78, 5) is 20.7. The molecule has 1 fully saturated rings. The van der Waals surface area contributed by atoms with Crippen molar-refractivity contribution in [3.8, 4) is 0 Å². The van der Waals surface area contributed by atoms with Crippen LogP contribution in [0.2, 0.25) is 0 Å². The van der Waals surface area contributed by atoms with Gasteiger partial charge in [-0.2, -0.15) is 5.10 Å². The van der Waals surface area contributed by atoms with E-state index in [4.69, 9.17) is 0 Å². The Balaban J connectivity index is 1.45. The van der Waals surface area contributed by atoms with Crippen molar-refractivity contribution in [2.75, 3.05) is 25.0 Å². The first-order valence-corrected chi connectivity index (χ1v) is 9.09. The van der Waals surface area contributed by atoms with E-state index in [0.29, 0.717) is 32.5 Å².